The van der Waals surface area contributed by atoms with E-state index in [0.29, 0.717) is 35.3 Å². The number of carbonyl (C=O) groups is 4. The molecule has 15 nitrogen and oxygen atoms in total. The maximum absolute atomic E-state index is 14.5. The second-order valence-electron chi connectivity index (χ2n) is 16.5. The monoisotopic (exact) mass is 756 g/mol. The molecule has 0 radical (unpaired) electrons. The Morgan fingerprint density at radius 1 is 1.06 bits per heavy atom. The molecule has 0 spiro atoms. The molecule has 0 bridgehead atoms. The number of alkyl carbamates (subject to hydrolysis) is 1. The number of carbonyl (C=O) groups excluding carboxylic acids is 4. The van der Waals surface area contributed by atoms with E-state index in [1.165, 1.54) is 11.0 Å². The van der Waals surface area contributed by atoms with E-state index in [2.05, 4.69) is 21.9 Å². The second kappa shape index (κ2) is 14.4. The van der Waals surface area contributed by atoms with Crippen molar-refractivity contribution in [3.05, 3.63) is 36.5 Å². The lowest BCUT2D eigenvalue weighted by Crippen LogP contribution is -2.60. The van der Waals surface area contributed by atoms with Crippen LogP contribution in [0.1, 0.15) is 92.7 Å². The van der Waals surface area contributed by atoms with Crippen LogP contribution in [0.5, 0.6) is 11.6 Å². The average Bonchev–Trinajstić information content (AvgIpc) is 3.98. The molecule has 3 N–H and O–H groups in total. The van der Waals surface area contributed by atoms with Crippen LogP contribution in [0.3, 0.4) is 0 Å². The van der Waals surface area contributed by atoms with E-state index in [9.17, 15) is 27.6 Å². The molecule has 2 aliphatic carbocycles. The van der Waals surface area contributed by atoms with Crippen LogP contribution in [0.2, 0.25) is 0 Å². The number of nitrogens with one attached hydrogen (secondary N) is 3. The van der Waals surface area contributed by atoms with Crippen molar-refractivity contribution in [2.24, 2.45) is 11.3 Å². The normalized spacial score (nSPS) is 23.6. The zero-order valence-corrected chi connectivity index (χ0v) is 32.8. The highest BCUT2D eigenvalue weighted by Crippen LogP contribution is 2.45. The Morgan fingerprint density at radius 2 is 1.74 bits per heavy atom. The molecule has 2 saturated carbocycles. The first kappa shape index (κ1) is 39.7. The molecule has 290 valence electrons. The van der Waals surface area contributed by atoms with Crippen molar-refractivity contribution in [3.8, 4) is 11.6 Å². The number of rotatable bonds is 12. The SMILES string of the molecule is C=CC1C[C@]1(NC(=O)[C@@H]1C[C@@H](Oc2nc3cc(OC)ccc3nc2C(C)C)CN1C(=O)[C@@H](NC(=O)OC(C)(C)C)C(C)(C)C)C(=O)NS(=O)(=O)C1CC1. The van der Waals surface area contributed by atoms with Gasteiger partial charge in [-0.05, 0) is 57.6 Å². The topological polar surface area (TPSA) is 195 Å². The lowest BCUT2D eigenvalue weighted by Gasteiger charge is -2.36. The molecular formula is C37H52N6O9S. The quantitative estimate of drug-likeness (QED) is 0.267. The van der Waals surface area contributed by atoms with E-state index in [0.717, 1.165) is 0 Å². The van der Waals surface area contributed by atoms with Crippen molar-refractivity contribution in [3.63, 3.8) is 0 Å². The third-order valence-corrected chi connectivity index (χ3v) is 11.4. The molecular weight excluding hydrogens is 705 g/mol. The summed E-state index contributed by atoms with van der Waals surface area (Å²) in [6, 6.07) is 3.01. The first-order valence-corrected chi connectivity index (χ1v) is 19.5. The fraction of sp³-hybridized carbons (Fsp3) is 0.622. The van der Waals surface area contributed by atoms with Gasteiger partial charge in [-0.2, -0.15) is 0 Å². The van der Waals surface area contributed by atoms with Crippen molar-refractivity contribution < 1.29 is 41.8 Å². The van der Waals surface area contributed by atoms with Gasteiger partial charge in [0, 0.05) is 24.3 Å². The lowest BCUT2D eigenvalue weighted by molar-refractivity contribution is -0.143. The highest BCUT2D eigenvalue weighted by molar-refractivity contribution is 7.91. The molecule has 1 aromatic carbocycles. The molecule has 53 heavy (non-hydrogen) atoms. The number of hydrogen-bond donors (Lipinski definition) is 3. The Morgan fingerprint density at radius 3 is 2.28 bits per heavy atom. The molecule has 4 amide bonds. The molecule has 5 rings (SSSR count). The van der Waals surface area contributed by atoms with E-state index in [1.807, 2.05) is 13.8 Å². The standard InChI is InChI=1S/C37H52N6O9S/c1-11-21-18-37(21,33(46)42-53(48,49)24-13-14-24)41-30(44)27-17-23(19-43(27)32(45)29(35(4,5)6)40-34(47)52-36(7,8)9)51-31-28(20(2)3)38-25-15-12-22(50-10)16-26(25)39-31/h11-12,15-16,20-21,23-24,27,29H,1,13-14,17-19H2,2-10H3,(H,40,47)(H,41,44)(H,42,46)/t21?,23-,27+,29-,37-/m1/s1. The largest absolute Gasteiger partial charge is 0.497 e. The van der Waals surface area contributed by atoms with Crippen LogP contribution in [0.15, 0.2) is 30.9 Å². The molecule has 3 fully saturated rings. The Kier molecular flexibility index (Phi) is 10.8. The fourth-order valence-electron chi connectivity index (χ4n) is 6.41. The molecule has 1 aromatic heterocycles. The summed E-state index contributed by atoms with van der Waals surface area (Å²) in [5, 5.41) is 4.84. The van der Waals surface area contributed by atoms with Gasteiger partial charge >= 0.3 is 6.09 Å². The number of methoxy groups -OCH3 is 1. The number of fused-ring (bicyclic) bond motifs is 1. The minimum absolute atomic E-state index is 0.00688. The van der Waals surface area contributed by atoms with Gasteiger partial charge in [0.2, 0.25) is 27.7 Å². The summed E-state index contributed by atoms with van der Waals surface area (Å²) in [7, 11) is -2.36. The molecule has 3 aliphatic rings. The van der Waals surface area contributed by atoms with Crippen molar-refractivity contribution in [2.75, 3.05) is 13.7 Å². The summed E-state index contributed by atoms with van der Waals surface area (Å²) < 4.78 is 44.9. The van der Waals surface area contributed by atoms with Crippen LogP contribution < -0.4 is 24.8 Å². The van der Waals surface area contributed by atoms with Gasteiger partial charge in [0.25, 0.3) is 5.91 Å². The second-order valence-corrected chi connectivity index (χ2v) is 18.5. The number of hydrogen-bond acceptors (Lipinski definition) is 11. The summed E-state index contributed by atoms with van der Waals surface area (Å²) >= 11 is 0. The third kappa shape index (κ3) is 8.85. The van der Waals surface area contributed by atoms with Gasteiger partial charge in [-0.1, -0.05) is 40.7 Å². The minimum Gasteiger partial charge on any atom is -0.497 e. The summed E-state index contributed by atoms with van der Waals surface area (Å²) in [4.78, 5) is 66.2. The van der Waals surface area contributed by atoms with Gasteiger partial charge in [0.15, 0.2) is 0 Å². The summed E-state index contributed by atoms with van der Waals surface area (Å²) in [6.45, 7) is 18.0. The Labute approximate surface area is 311 Å². The number of amides is 4. The first-order chi connectivity index (χ1) is 24.6. The Balaban J connectivity index is 1.48. The number of aromatic nitrogens is 2. The number of sulfonamides is 1. The predicted octanol–water partition coefficient (Wildman–Crippen LogP) is 3.72. The smallest absolute Gasteiger partial charge is 0.408 e. The van der Waals surface area contributed by atoms with Crippen LogP contribution in [-0.4, -0.2) is 95.3 Å². The molecule has 1 aliphatic heterocycles. The molecule has 2 aromatic rings. The maximum Gasteiger partial charge on any atom is 0.408 e. The van der Waals surface area contributed by atoms with Crippen LogP contribution in [-0.2, 0) is 29.1 Å². The molecule has 2 heterocycles. The van der Waals surface area contributed by atoms with Gasteiger partial charge in [-0.15, -0.1) is 6.58 Å². The fourth-order valence-corrected chi connectivity index (χ4v) is 7.78. The molecule has 1 saturated heterocycles. The van der Waals surface area contributed by atoms with Crippen LogP contribution in [0.25, 0.3) is 11.0 Å². The average molecular weight is 757 g/mol. The maximum atomic E-state index is 14.5. The molecule has 5 atom stereocenters. The van der Waals surface area contributed by atoms with E-state index in [-0.39, 0.29) is 31.2 Å². The summed E-state index contributed by atoms with van der Waals surface area (Å²) in [6.07, 6.45) is 0.956. The van der Waals surface area contributed by atoms with Crippen molar-refractivity contribution in [2.45, 2.75) is 122 Å². The number of likely N-dealkylation sites (tertiary alicyclic amines) is 1. The zero-order valence-electron chi connectivity index (χ0n) is 31.9. The zero-order chi connectivity index (χ0) is 39.3. The predicted molar refractivity (Wildman–Crippen MR) is 197 cm³/mol. The number of benzene rings is 1. The Bertz CT molecular complexity index is 1900. The highest BCUT2D eigenvalue weighted by atomic mass is 32.2. The third-order valence-electron chi connectivity index (χ3n) is 9.56. The summed E-state index contributed by atoms with van der Waals surface area (Å²) in [5.74, 6) is -1.93. The molecule has 16 heteroatoms. The number of nitrogens with zero attached hydrogens (tertiary/aromatic N) is 3. The van der Waals surface area contributed by atoms with Crippen molar-refractivity contribution >= 4 is 44.9 Å². The van der Waals surface area contributed by atoms with Gasteiger partial charge in [0.1, 0.15) is 40.8 Å². The van der Waals surface area contributed by atoms with E-state index >= 15 is 0 Å². The highest BCUT2D eigenvalue weighted by Gasteiger charge is 2.62. The van der Waals surface area contributed by atoms with Crippen LogP contribution >= 0.6 is 0 Å². The van der Waals surface area contributed by atoms with Crippen molar-refractivity contribution in [1.82, 2.24) is 30.2 Å². The summed E-state index contributed by atoms with van der Waals surface area (Å²) in [5.41, 5.74) is -1.50. The van der Waals surface area contributed by atoms with E-state index in [1.54, 1.807) is 66.9 Å². The van der Waals surface area contributed by atoms with Gasteiger partial charge < -0.3 is 29.7 Å². The Hall–Kier alpha value is -4.47. The number of ether oxygens (including phenoxy) is 3. The van der Waals surface area contributed by atoms with Crippen LogP contribution in [0.4, 0.5) is 4.79 Å². The molecule has 1 unspecified atom stereocenters. The minimum atomic E-state index is -3.91. The lowest BCUT2D eigenvalue weighted by atomic mass is 9.85. The van der Waals surface area contributed by atoms with E-state index < -0.39 is 79.7 Å². The van der Waals surface area contributed by atoms with Gasteiger partial charge in [-0.25, -0.2) is 23.2 Å². The van der Waals surface area contributed by atoms with Gasteiger partial charge in [0.05, 0.1) is 29.9 Å². The van der Waals surface area contributed by atoms with Crippen LogP contribution in [0, 0.1) is 11.3 Å². The van der Waals surface area contributed by atoms with E-state index in [4.69, 9.17) is 24.2 Å². The van der Waals surface area contributed by atoms with Crippen molar-refractivity contribution in [1.29, 1.82) is 0 Å². The van der Waals surface area contributed by atoms with Gasteiger partial charge in [-0.3, -0.25) is 19.1 Å². The first-order valence-electron chi connectivity index (χ1n) is 17.9.